The van der Waals surface area contributed by atoms with Crippen LogP contribution in [-0.2, 0) is 9.59 Å². The predicted molar refractivity (Wildman–Crippen MR) is 244 cm³/mol. The molecular weight excluding hydrogens is 865 g/mol. The molecule has 0 fully saturated rings. The zero-order valence-electron chi connectivity index (χ0n) is 39.5. The van der Waals surface area contributed by atoms with Crippen LogP contribution < -0.4 is 9.80 Å². The molecule has 0 unspecified atom stereocenters. The van der Waals surface area contributed by atoms with Gasteiger partial charge in [-0.2, -0.15) is 0 Å². The van der Waals surface area contributed by atoms with Crippen LogP contribution in [0, 0.1) is 41.5 Å². The van der Waals surface area contributed by atoms with Gasteiger partial charge < -0.3 is 75.4 Å². The largest absolute Gasteiger partial charge is 0.395 e. The van der Waals surface area contributed by atoms with Gasteiger partial charge in [0, 0.05) is 88.5 Å². The standard InChI is InChI=1S/C45H70N6O15/c1-27-36(42(63)46(9-17-52)10-18-53)29(3)40(30(4)37(27)43(64)47(11-19-54)12-20-55)50(33(7)60)25-35(62)26-51(34(8)61)41-31(5)38(44(65)48(13-21-56)14-22-57)28(2)39(32(41)6)45(66)49(15-23-58)16-24-59/h35,52-59,62H,9-26H2,1-8H3. The lowest BCUT2D eigenvalue weighted by atomic mass is 9.88. The molecule has 0 aliphatic rings. The third-order valence-electron chi connectivity index (χ3n) is 11.5. The molecule has 0 atom stereocenters. The first-order valence-corrected chi connectivity index (χ1v) is 21.8. The van der Waals surface area contributed by atoms with Gasteiger partial charge in [0.1, 0.15) is 0 Å². The quantitative estimate of drug-likeness (QED) is 0.0494. The molecule has 9 N–H and O–H groups in total. The summed E-state index contributed by atoms with van der Waals surface area (Å²) < 4.78 is 0. The second-order valence-corrected chi connectivity index (χ2v) is 15.8. The molecule has 6 amide bonds. The van der Waals surface area contributed by atoms with E-state index in [1.54, 1.807) is 0 Å². The van der Waals surface area contributed by atoms with Gasteiger partial charge in [-0.1, -0.05) is 0 Å². The number of amides is 6. The summed E-state index contributed by atoms with van der Waals surface area (Å²) in [5.41, 5.74) is 0.997. The van der Waals surface area contributed by atoms with E-state index in [0.29, 0.717) is 0 Å². The first-order chi connectivity index (χ1) is 31.2. The Morgan fingerprint density at radius 2 is 0.545 bits per heavy atom. The summed E-state index contributed by atoms with van der Waals surface area (Å²) in [5.74, 6) is -4.10. The van der Waals surface area contributed by atoms with Gasteiger partial charge in [-0.15, -0.1) is 0 Å². The van der Waals surface area contributed by atoms with Crippen LogP contribution >= 0.6 is 0 Å². The molecule has 0 saturated heterocycles. The van der Waals surface area contributed by atoms with Crippen molar-refractivity contribution in [3.05, 3.63) is 55.6 Å². The monoisotopic (exact) mass is 934 g/mol. The van der Waals surface area contributed by atoms with Gasteiger partial charge in [-0.05, 0) is 74.9 Å². The van der Waals surface area contributed by atoms with E-state index in [2.05, 4.69) is 0 Å². The summed E-state index contributed by atoms with van der Waals surface area (Å²) in [6.07, 6.45) is -1.62. The number of carbonyl (C=O) groups is 6. The number of anilines is 2. The average Bonchev–Trinajstić information content (AvgIpc) is 3.24. The maximum atomic E-state index is 14.3. The van der Waals surface area contributed by atoms with E-state index in [4.69, 9.17) is 0 Å². The maximum Gasteiger partial charge on any atom is 0.254 e. The molecule has 0 aliphatic carbocycles. The van der Waals surface area contributed by atoms with E-state index in [1.165, 1.54) is 75.0 Å². The van der Waals surface area contributed by atoms with E-state index < -0.39 is 107 Å². The lowest BCUT2D eigenvalue weighted by Crippen LogP contribution is -2.46. The summed E-state index contributed by atoms with van der Waals surface area (Å²) >= 11 is 0. The number of nitrogens with zero attached hydrogens (tertiary/aromatic N) is 6. The Hall–Kier alpha value is -5.10. The highest BCUT2D eigenvalue weighted by Crippen LogP contribution is 2.38. The van der Waals surface area contributed by atoms with Gasteiger partial charge in [0.25, 0.3) is 23.6 Å². The van der Waals surface area contributed by atoms with Crippen molar-refractivity contribution in [2.45, 2.75) is 61.5 Å². The van der Waals surface area contributed by atoms with Crippen molar-refractivity contribution in [2.24, 2.45) is 0 Å². The van der Waals surface area contributed by atoms with Crippen molar-refractivity contribution >= 4 is 46.8 Å². The zero-order chi connectivity index (χ0) is 50.2. The van der Waals surface area contributed by atoms with Crippen molar-refractivity contribution in [2.75, 3.05) is 128 Å². The Balaban J connectivity index is 3.04. The van der Waals surface area contributed by atoms with E-state index in [1.807, 2.05) is 0 Å². The molecule has 370 valence electrons. The molecule has 0 aliphatic heterocycles. The molecule has 0 aromatic heterocycles. The minimum absolute atomic E-state index is 0.0401. The Kier molecular flexibility index (Phi) is 23.2. The number of hydrogen-bond donors (Lipinski definition) is 9. The highest BCUT2D eigenvalue weighted by molar-refractivity contribution is 6.09. The van der Waals surface area contributed by atoms with Crippen molar-refractivity contribution in [1.82, 2.24) is 19.6 Å². The number of carbonyl (C=O) groups excluding carboxylic acids is 6. The van der Waals surface area contributed by atoms with Crippen LogP contribution in [0.4, 0.5) is 11.4 Å². The number of hydrogen-bond acceptors (Lipinski definition) is 15. The Morgan fingerprint density at radius 3 is 0.697 bits per heavy atom. The summed E-state index contributed by atoms with van der Waals surface area (Å²) in [7, 11) is 0. The summed E-state index contributed by atoms with van der Waals surface area (Å²) in [6, 6.07) is 0. The Morgan fingerprint density at radius 1 is 0.364 bits per heavy atom. The Labute approximate surface area is 385 Å². The van der Waals surface area contributed by atoms with Crippen LogP contribution in [0.15, 0.2) is 0 Å². The fraction of sp³-hybridized carbons (Fsp3) is 0.600. The third kappa shape index (κ3) is 13.1. The van der Waals surface area contributed by atoms with Crippen molar-refractivity contribution in [1.29, 1.82) is 0 Å². The molecule has 0 bridgehead atoms. The second-order valence-electron chi connectivity index (χ2n) is 15.8. The van der Waals surface area contributed by atoms with Crippen LogP contribution in [0.1, 0.15) is 88.7 Å². The van der Waals surface area contributed by atoms with E-state index in [9.17, 15) is 74.7 Å². The van der Waals surface area contributed by atoms with E-state index in [0.717, 1.165) is 9.80 Å². The van der Waals surface area contributed by atoms with Crippen molar-refractivity contribution < 1.29 is 74.7 Å². The molecule has 2 aromatic carbocycles. The van der Waals surface area contributed by atoms with Crippen LogP contribution in [0.5, 0.6) is 0 Å². The van der Waals surface area contributed by atoms with Crippen LogP contribution in [0.3, 0.4) is 0 Å². The number of aliphatic hydroxyl groups excluding tert-OH is 9. The molecule has 0 radical (unpaired) electrons. The van der Waals surface area contributed by atoms with Gasteiger partial charge in [0.2, 0.25) is 11.8 Å². The fourth-order valence-electron chi connectivity index (χ4n) is 8.60. The van der Waals surface area contributed by atoms with E-state index >= 15 is 0 Å². The third-order valence-corrected chi connectivity index (χ3v) is 11.5. The molecule has 2 aromatic rings. The first-order valence-electron chi connectivity index (χ1n) is 21.8. The second kappa shape index (κ2) is 26.9. The lowest BCUT2D eigenvalue weighted by Gasteiger charge is -2.35. The zero-order valence-corrected chi connectivity index (χ0v) is 39.5. The molecule has 0 saturated carbocycles. The molecule has 2 rings (SSSR count). The molecule has 0 spiro atoms. The van der Waals surface area contributed by atoms with Gasteiger partial charge in [0.05, 0.1) is 83.4 Å². The number of aliphatic hydroxyl groups is 9. The van der Waals surface area contributed by atoms with Gasteiger partial charge in [-0.25, -0.2) is 0 Å². The molecular formula is C45H70N6O15. The lowest BCUT2D eigenvalue weighted by molar-refractivity contribution is -0.117. The van der Waals surface area contributed by atoms with Gasteiger partial charge in [0.15, 0.2) is 0 Å². The smallest absolute Gasteiger partial charge is 0.254 e. The molecule has 0 heterocycles. The van der Waals surface area contributed by atoms with Crippen LogP contribution in [0.2, 0.25) is 0 Å². The predicted octanol–water partition coefficient (Wildman–Crippen LogP) is -1.99. The normalized spacial score (nSPS) is 11.2. The topological polar surface area (TPSA) is 304 Å². The highest BCUT2D eigenvalue weighted by atomic mass is 16.3. The molecule has 21 nitrogen and oxygen atoms in total. The minimum Gasteiger partial charge on any atom is -0.395 e. The van der Waals surface area contributed by atoms with Crippen molar-refractivity contribution in [3.8, 4) is 0 Å². The van der Waals surface area contributed by atoms with Gasteiger partial charge >= 0.3 is 0 Å². The SMILES string of the molecule is CC(=O)N(CC(O)CN(C(C)=O)c1c(C)c(C(=O)N(CCO)CCO)c(C)c(C(=O)N(CCO)CCO)c1C)c1c(C)c(C(=O)N(CCO)CCO)c(C)c(C(=O)N(CCO)CCO)c1C. The number of rotatable bonds is 26. The van der Waals surface area contributed by atoms with Crippen LogP contribution in [0.25, 0.3) is 0 Å². The Bertz CT molecular complexity index is 1770. The minimum atomic E-state index is -1.62. The van der Waals surface area contributed by atoms with Gasteiger partial charge in [-0.3, -0.25) is 28.8 Å². The van der Waals surface area contributed by atoms with Crippen LogP contribution in [-0.4, -0.2) is 225 Å². The summed E-state index contributed by atoms with van der Waals surface area (Å²) in [6.45, 7) is 5.13. The first kappa shape index (κ1) is 57.0. The molecule has 66 heavy (non-hydrogen) atoms. The average molecular weight is 935 g/mol. The number of benzene rings is 2. The maximum absolute atomic E-state index is 14.3. The highest BCUT2D eigenvalue weighted by Gasteiger charge is 2.36. The summed E-state index contributed by atoms with van der Waals surface area (Å²) in [4.78, 5) is 91.6. The van der Waals surface area contributed by atoms with Crippen molar-refractivity contribution in [3.63, 3.8) is 0 Å². The van der Waals surface area contributed by atoms with E-state index in [-0.39, 0.29) is 119 Å². The fourth-order valence-corrected chi connectivity index (χ4v) is 8.60. The summed E-state index contributed by atoms with van der Waals surface area (Å²) in [5, 5.41) is 90.3. The molecule has 21 heteroatoms.